The van der Waals surface area contributed by atoms with Crippen LogP contribution in [0.2, 0.25) is 0 Å². The maximum absolute atomic E-state index is 5.12. The molecule has 0 saturated heterocycles. The van der Waals surface area contributed by atoms with Gasteiger partial charge in [-0.05, 0) is 69.8 Å². The summed E-state index contributed by atoms with van der Waals surface area (Å²) in [6.07, 6.45) is 0. The zero-order valence-corrected chi connectivity index (χ0v) is 31.7. The van der Waals surface area contributed by atoms with E-state index < -0.39 is 0 Å². The van der Waals surface area contributed by atoms with Crippen LogP contribution in [0.1, 0.15) is 0 Å². The predicted octanol–water partition coefficient (Wildman–Crippen LogP) is 14.6. The molecular weight excluding hydrogens is 719 g/mol. The third-order valence-corrected chi connectivity index (χ3v) is 12.8. The number of hydrogen-bond donors (Lipinski definition) is 0. The Bertz CT molecular complexity index is 3250. The average Bonchev–Trinajstić information content (AvgIpc) is 3.84. The molecule has 11 aromatic rings. The van der Waals surface area contributed by atoms with Crippen molar-refractivity contribution in [3.05, 3.63) is 188 Å². The molecule has 0 aliphatic heterocycles. The smallest absolute Gasteiger partial charge is 0.164 e. The Morgan fingerprint density at radius 3 is 1.21 bits per heavy atom. The molecule has 0 spiro atoms. The van der Waals surface area contributed by atoms with Gasteiger partial charge in [0.1, 0.15) is 0 Å². The van der Waals surface area contributed by atoms with E-state index in [1.807, 2.05) is 17.4 Å². The van der Waals surface area contributed by atoms with Gasteiger partial charge in [0.25, 0.3) is 0 Å². The summed E-state index contributed by atoms with van der Waals surface area (Å²) in [4.78, 5) is 15.3. The van der Waals surface area contributed by atoms with E-state index >= 15 is 0 Å². The van der Waals surface area contributed by atoms with Crippen molar-refractivity contribution in [2.75, 3.05) is 0 Å². The standard InChI is InChI=1S/C51H31N3S2/c1-2-10-32(11-3-1)36-13-9-15-39(29-36)50-52-49(53-51(54-50)40-25-27-44-42-17-5-7-19-46(42)56-48(44)31-40)34-22-20-33(21-23-34)35-12-8-14-37(28-35)38-24-26-43-41-16-4-6-18-45(41)55-47(43)30-38/h1-31H. The Balaban J connectivity index is 0.976. The number of hydrogen-bond acceptors (Lipinski definition) is 5. The van der Waals surface area contributed by atoms with Gasteiger partial charge < -0.3 is 0 Å². The van der Waals surface area contributed by atoms with Crippen molar-refractivity contribution in [2.24, 2.45) is 0 Å². The first-order valence-corrected chi connectivity index (χ1v) is 20.3. The molecule has 0 amide bonds. The highest BCUT2D eigenvalue weighted by Crippen LogP contribution is 2.39. The van der Waals surface area contributed by atoms with Crippen LogP contribution in [0.25, 0.3) is 108 Å². The van der Waals surface area contributed by atoms with Crippen LogP contribution in [0.3, 0.4) is 0 Å². The molecule has 8 aromatic carbocycles. The van der Waals surface area contributed by atoms with Gasteiger partial charge in [-0.1, -0.05) is 152 Å². The lowest BCUT2D eigenvalue weighted by Gasteiger charge is -2.11. The number of nitrogens with zero attached hydrogens (tertiary/aromatic N) is 3. The number of benzene rings is 8. The molecule has 3 nitrogen and oxygen atoms in total. The first-order chi connectivity index (χ1) is 27.7. The summed E-state index contributed by atoms with van der Waals surface area (Å²) in [5.74, 6) is 1.94. The van der Waals surface area contributed by atoms with Crippen molar-refractivity contribution in [1.82, 2.24) is 15.0 Å². The molecule has 56 heavy (non-hydrogen) atoms. The quantitative estimate of drug-likeness (QED) is 0.170. The number of thiophene rings is 2. The zero-order valence-electron chi connectivity index (χ0n) is 30.1. The van der Waals surface area contributed by atoms with E-state index in [4.69, 9.17) is 15.0 Å². The normalized spacial score (nSPS) is 11.6. The van der Waals surface area contributed by atoms with Crippen LogP contribution in [0.15, 0.2) is 188 Å². The van der Waals surface area contributed by atoms with Crippen molar-refractivity contribution in [1.29, 1.82) is 0 Å². The van der Waals surface area contributed by atoms with Gasteiger partial charge >= 0.3 is 0 Å². The van der Waals surface area contributed by atoms with Crippen LogP contribution >= 0.6 is 22.7 Å². The van der Waals surface area contributed by atoms with Gasteiger partial charge in [0, 0.05) is 57.0 Å². The first-order valence-electron chi connectivity index (χ1n) is 18.7. The minimum atomic E-state index is 0.642. The number of aromatic nitrogens is 3. The highest BCUT2D eigenvalue weighted by atomic mass is 32.1. The van der Waals surface area contributed by atoms with Gasteiger partial charge in [-0.2, -0.15) is 0 Å². The minimum absolute atomic E-state index is 0.642. The third-order valence-electron chi connectivity index (χ3n) is 10.6. The minimum Gasteiger partial charge on any atom is -0.208 e. The fourth-order valence-corrected chi connectivity index (χ4v) is 9.98. The van der Waals surface area contributed by atoms with Gasteiger partial charge in [-0.3, -0.25) is 0 Å². The summed E-state index contributed by atoms with van der Waals surface area (Å²) >= 11 is 3.65. The predicted molar refractivity (Wildman–Crippen MR) is 238 cm³/mol. The molecule has 262 valence electrons. The van der Waals surface area contributed by atoms with E-state index in [1.54, 1.807) is 11.3 Å². The van der Waals surface area contributed by atoms with Gasteiger partial charge in [-0.25, -0.2) is 15.0 Å². The van der Waals surface area contributed by atoms with E-state index in [2.05, 4.69) is 182 Å². The molecule has 0 N–H and O–H groups in total. The average molecular weight is 750 g/mol. The van der Waals surface area contributed by atoms with Crippen molar-refractivity contribution in [2.45, 2.75) is 0 Å². The molecule has 5 heteroatoms. The van der Waals surface area contributed by atoms with Crippen LogP contribution in [0.5, 0.6) is 0 Å². The van der Waals surface area contributed by atoms with E-state index in [-0.39, 0.29) is 0 Å². The maximum atomic E-state index is 5.12. The molecular formula is C51H31N3S2. The van der Waals surface area contributed by atoms with Gasteiger partial charge in [0.2, 0.25) is 0 Å². The maximum Gasteiger partial charge on any atom is 0.164 e. The van der Waals surface area contributed by atoms with Gasteiger partial charge in [0.05, 0.1) is 0 Å². The molecule has 11 rings (SSSR count). The number of rotatable bonds is 6. The molecule has 0 radical (unpaired) electrons. The van der Waals surface area contributed by atoms with E-state index in [0.29, 0.717) is 17.5 Å². The summed E-state index contributed by atoms with van der Waals surface area (Å²) in [7, 11) is 0. The van der Waals surface area contributed by atoms with E-state index in [1.165, 1.54) is 51.5 Å². The Labute approximate surface area is 331 Å². The molecule has 0 aliphatic carbocycles. The molecule has 0 unspecified atom stereocenters. The van der Waals surface area contributed by atoms with Crippen molar-refractivity contribution < 1.29 is 0 Å². The van der Waals surface area contributed by atoms with Crippen LogP contribution < -0.4 is 0 Å². The van der Waals surface area contributed by atoms with Gasteiger partial charge in [-0.15, -0.1) is 22.7 Å². The van der Waals surface area contributed by atoms with Crippen LogP contribution in [0.4, 0.5) is 0 Å². The molecule has 0 fully saturated rings. The fourth-order valence-electron chi connectivity index (χ4n) is 7.69. The fraction of sp³-hybridized carbons (Fsp3) is 0. The molecule has 0 aliphatic rings. The Morgan fingerprint density at radius 2 is 0.589 bits per heavy atom. The summed E-state index contributed by atoms with van der Waals surface area (Å²) < 4.78 is 5.12. The van der Waals surface area contributed by atoms with Crippen LogP contribution in [0, 0.1) is 0 Å². The summed E-state index contributed by atoms with van der Waals surface area (Å²) in [6.45, 7) is 0. The summed E-state index contributed by atoms with van der Waals surface area (Å²) in [5, 5.41) is 5.16. The molecule has 3 aromatic heterocycles. The highest BCUT2D eigenvalue weighted by Gasteiger charge is 2.15. The molecule has 0 atom stereocenters. The Morgan fingerprint density at radius 1 is 0.232 bits per heavy atom. The lowest BCUT2D eigenvalue weighted by Crippen LogP contribution is -2.00. The van der Waals surface area contributed by atoms with Gasteiger partial charge in [0.15, 0.2) is 17.5 Å². The number of fused-ring (bicyclic) bond motifs is 6. The van der Waals surface area contributed by atoms with Crippen LogP contribution in [-0.4, -0.2) is 15.0 Å². The summed E-state index contributed by atoms with van der Waals surface area (Å²) in [5.41, 5.74) is 9.84. The third kappa shape index (κ3) is 5.86. The lowest BCUT2D eigenvalue weighted by atomic mass is 9.97. The van der Waals surface area contributed by atoms with Crippen molar-refractivity contribution in [3.8, 4) is 67.5 Å². The Hall–Kier alpha value is -6.79. The largest absolute Gasteiger partial charge is 0.208 e. The second-order valence-corrected chi connectivity index (χ2v) is 16.2. The van der Waals surface area contributed by atoms with Crippen LogP contribution in [-0.2, 0) is 0 Å². The first kappa shape index (κ1) is 32.6. The van der Waals surface area contributed by atoms with E-state index in [0.717, 1.165) is 38.9 Å². The molecule has 3 heterocycles. The molecule has 0 bridgehead atoms. The van der Waals surface area contributed by atoms with E-state index in [9.17, 15) is 0 Å². The topological polar surface area (TPSA) is 38.7 Å². The summed E-state index contributed by atoms with van der Waals surface area (Å²) in [6, 6.07) is 66.9. The monoisotopic (exact) mass is 749 g/mol. The lowest BCUT2D eigenvalue weighted by molar-refractivity contribution is 1.07. The second kappa shape index (κ2) is 13.5. The zero-order chi connectivity index (χ0) is 37.0. The highest BCUT2D eigenvalue weighted by molar-refractivity contribution is 7.26. The van der Waals surface area contributed by atoms with Crippen molar-refractivity contribution >= 4 is 63.0 Å². The second-order valence-electron chi connectivity index (χ2n) is 14.0. The van der Waals surface area contributed by atoms with Crippen molar-refractivity contribution in [3.63, 3.8) is 0 Å². The molecule has 0 saturated carbocycles. The Kier molecular flexibility index (Phi) is 7.87. The SMILES string of the molecule is c1ccc(-c2cccc(-c3nc(-c4ccc(-c5cccc(-c6ccc7c(c6)sc6ccccc67)c5)cc4)nc(-c4ccc5c(c4)sc4ccccc45)n3)c2)cc1.